The van der Waals surface area contributed by atoms with E-state index in [4.69, 9.17) is 9.47 Å². The molecule has 6 rings (SSSR count). The Bertz CT molecular complexity index is 948. The second-order valence-corrected chi connectivity index (χ2v) is 9.13. The zero-order chi connectivity index (χ0) is 23.6. The van der Waals surface area contributed by atoms with Crippen LogP contribution in [-0.2, 0) is 24.5 Å². The number of aliphatic imine (C=N–C) groups is 1. The number of halogens is 6. The zero-order valence-corrected chi connectivity index (χ0v) is 17.1. The van der Waals surface area contributed by atoms with Crippen molar-refractivity contribution in [3.63, 3.8) is 0 Å². The Balaban J connectivity index is 1.05. The average molecular weight is 482 g/mol. The number of rotatable bonds is 7. The van der Waals surface area contributed by atoms with Crippen LogP contribution < -0.4 is 5.32 Å². The lowest BCUT2D eigenvalue weighted by Crippen LogP contribution is -2.78. The lowest BCUT2D eigenvalue weighted by molar-refractivity contribution is -0.357. The van der Waals surface area contributed by atoms with Gasteiger partial charge in [0.05, 0.1) is 30.6 Å². The molecule has 8 nitrogen and oxygen atoms in total. The Labute approximate surface area is 183 Å². The van der Waals surface area contributed by atoms with Crippen molar-refractivity contribution in [2.45, 2.75) is 74.0 Å². The van der Waals surface area contributed by atoms with Crippen LogP contribution in [0.1, 0.15) is 37.8 Å². The van der Waals surface area contributed by atoms with Gasteiger partial charge in [0, 0.05) is 24.6 Å². The van der Waals surface area contributed by atoms with Gasteiger partial charge in [0.25, 0.3) is 0 Å². The first-order valence-corrected chi connectivity index (χ1v) is 10.3. The second-order valence-electron chi connectivity index (χ2n) is 9.13. The molecule has 1 aromatic heterocycles. The second kappa shape index (κ2) is 7.32. The van der Waals surface area contributed by atoms with Gasteiger partial charge in [-0.05, 0) is 19.3 Å². The van der Waals surface area contributed by atoms with E-state index in [2.05, 4.69) is 20.0 Å². The van der Waals surface area contributed by atoms with Crippen molar-refractivity contribution in [3.05, 3.63) is 18.2 Å². The van der Waals surface area contributed by atoms with Crippen LogP contribution in [0.4, 0.5) is 26.3 Å². The van der Waals surface area contributed by atoms with Crippen molar-refractivity contribution in [1.82, 2.24) is 14.9 Å². The van der Waals surface area contributed by atoms with Crippen molar-refractivity contribution in [2.75, 3.05) is 13.2 Å². The summed E-state index contributed by atoms with van der Waals surface area (Å²) >= 11 is 0. The van der Waals surface area contributed by atoms with E-state index in [0.29, 0.717) is 19.3 Å². The third-order valence-corrected chi connectivity index (χ3v) is 6.58. The number of hydrogen-bond acceptors (Lipinski definition) is 6. The summed E-state index contributed by atoms with van der Waals surface area (Å²) in [6.07, 6.45) is -7.32. The number of nitrogens with one attached hydrogen (secondary N) is 1. The van der Waals surface area contributed by atoms with E-state index < -0.39 is 37.4 Å². The first-order chi connectivity index (χ1) is 15.3. The summed E-state index contributed by atoms with van der Waals surface area (Å²) in [5.74, 6) is -0.483. The van der Waals surface area contributed by atoms with E-state index in [9.17, 15) is 31.1 Å². The molecule has 5 aliphatic rings. The third kappa shape index (κ3) is 4.29. The van der Waals surface area contributed by atoms with Crippen molar-refractivity contribution in [3.8, 4) is 0 Å². The van der Waals surface area contributed by atoms with Gasteiger partial charge in [0.1, 0.15) is 12.3 Å². The lowest BCUT2D eigenvalue weighted by Gasteiger charge is -2.70. The quantitative estimate of drug-likeness (QED) is 0.604. The minimum atomic E-state index is -4.67. The SMILES string of the molecule is O=C(CO[C@H]1C[C@@H](OC(F)(F)F)C1)NC12CC(n3cnc(C4=NC[C@H](C(F)(F)F)O4)c3)(C1)C2. The maximum Gasteiger partial charge on any atom is 0.522 e. The minimum absolute atomic E-state index is 0.0860. The number of aromatic nitrogens is 2. The average Bonchev–Trinajstić information content (AvgIpc) is 3.26. The van der Waals surface area contributed by atoms with Gasteiger partial charge in [0.2, 0.25) is 17.9 Å². The number of ether oxygens (including phenoxy) is 3. The molecule has 1 N–H and O–H groups in total. The van der Waals surface area contributed by atoms with E-state index >= 15 is 0 Å². The molecular formula is C19H20F6N4O4. The molecule has 1 amide bonds. The van der Waals surface area contributed by atoms with Gasteiger partial charge in [-0.25, -0.2) is 9.98 Å². The predicted molar refractivity (Wildman–Crippen MR) is 97.2 cm³/mol. The normalized spacial score (nSPS) is 35.1. The minimum Gasteiger partial charge on any atom is -0.461 e. The summed E-state index contributed by atoms with van der Waals surface area (Å²) < 4.78 is 90.5. The topological polar surface area (TPSA) is 87.0 Å². The van der Waals surface area contributed by atoms with Crippen LogP contribution in [0.25, 0.3) is 0 Å². The summed E-state index contributed by atoms with van der Waals surface area (Å²) in [6, 6.07) is 0. The van der Waals surface area contributed by atoms with E-state index in [0.717, 1.165) is 0 Å². The maximum atomic E-state index is 12.7. The number of amides is 1. The first kappa shape index (κ1) is 22.4. The fourth-order valence-corrected chi connectivity index (χ4v) is 4.98. The molecule has 0 aromatic carbocycles. The van der Waals surface area contributed by atoms with Crippen molar-refractivity contribution >= 4 is 11.8 Å². The molecule has 1 aliphatic heterocycles. The Hall–Kier alpha value is -2.35. The molecule has 4 saturated carbocycles. The summed E-state index contributed by atoms with van der Waals surface area (Å²) in [4.78, 5) is 20.1. The molecule has 1 aromatic rings. The number of carbonyl (C=O) groups excluding carboxylic acids is 1. The molecule has 0 saturated heterocycles. The van der Waals surface area contributed by atoms with E-state index in [1.165, 1.54) is 6.33 Å². The summed E-state index contributed by atoms with van der Waals surface area (Å²) in [5, 5.41) is 2.91. The van der Waals surface area contributed by atoms with Crippen LogP contribution in [0.5, 0.6) is 0 Å². The van der Waals surface area contributed by atoms with Gasteiger partial charge in [-0.15, -0.1) is 13.2 Å². The van der Waals surface area contributed by atoms with E-state index in [-0.39, 0.29) is 48.0 Å². The zero-order valence-electron chi connectivity index (χ0n) is 17.1. The first-order valence-electron chi connectivity index (χ1n) is 10.3. The Kier molecular flexibility index (Phi) is 4.98. The molecule has 1 atom stereocenters. The predicted octanol–water partition coefficient (Wildman–Crippen LogP) is 2.42. The lowest BCUT2D eigenvalue weighted by atomic mass is 9.44. The summed E-state index contributed by atoms with van der Waals surface area (Å²) in [6.45, 7) is -0.740. The number of imidazole rings is 1. The van der Waals surface area contributed by atoms with Gasteiger partial charge in [-0.1, -0.05) is 0 Å². The van der Waals surface area contributed by atoms with Gasteiger partial charge < -0.3 is 19.4 Å². The standard InChI is InChI=1S/C19H20F6N4O4/c20-18(21,22)13-3-26-15(32-13)12-4-29(9-27-12)17-6-16(7-17,8-17)28-14(30)5-31-10-1-11(2-10)33-19(23,24)25/h4,9-11,13H,1-3,5-8H2,(H,28,30)/t10-,11+,13-,16?,17?/m1/s1. The molecule has 2 bridgehead atoms. The number of nitrogens with zero attached hydrogens (tertiary/aromatic N) is 3. The van der Waals surface area contributed by atoms with Gasteiger partial charge in [0.15, 0.2) is 0 Å². The molecule has 14 heteroatoms. The van der Waals surface area contributed by atoms with Crippen LogP contribution in [0.15, 0.2) is 17.5 Å². The molecular weight excluding hydrogens is 462 g/mol. The smallest absolute Gasteiger partial charge is 0.461 e. The number of carbonyl (C=O) groups is 1. The molecule has 2 heterocycles. The van der Waals surface area contributed by atoms with Gasteiger partial charge >= 0.3 is 12.5 Å². The molecule has 0 unspecified atom stereocenters. The van der Waals surface area contributed by atoms with Crippen molar-refractivity contribution < 1.29 is 45.3 Å². The maximum absolute atomic E-state index is 12.7. The molecule has 0 radical (unpaired) electrons. The number of hydrogen-bond donors (Lipinski definition) is 1. The molecule has 33 heavy (non-hydrogen) atoms. The molecule has 182 valence electrons. The highest BCUT2D eigenvalue weighted by Crippen LogP contribution is 2.65. The van der Waals surface area contributed by atoms with Crippen LogP contribution in [-0.4, -0.2) is 70.9 Å². The van der Waals surface area contributed by atoms with Crippen LogP contribution in [0.3, 0.4) is 0 Å². The monoisotopic (exact) mass is 482 g/mol. The molecule has 0 spiro atoms. The van der Waals surface area contributed by atoms with E-state index in [1.54, 1.807) is 6.20 Å². The highest BCUT2D eigenvalue weighted by Gasteiger charge is 2.69. The van der Waals surface area contributed by atoms with Crippen LogP contribution in [0, 0.1) is 0 Å². The van der Waals surface area contributed by atoms with Crippen molar-refractivity contribution in [1.29, 1.82) is 0 Å². The highest BCUT2D eigenvalue weighted by atomic mass is 19.4. The largest absolute Gasteiger partial charge is 0.522 e. The van der Waals surface area contributed by atoms with Gasteiger partial charge in [-0.3, -0.25) is 9.53 Å². The van der Waals surface area contributed by atoms with Gasteiger partial charge in [-0.2, -0.15) is 13.2 Å². The fourth-order valence-electron chi connectivity index (χ4n) is 4.98. The summed E-state index contributed by atoms with van der Waals surface area (Å²) in [7, 11) is 0. The van der Waals surface area contributed by atoms with Crippen molar-refractivity contribution in [2.24, 2.45) is 4.99 Å². The molecule has 4 fully saturated rings. The molecule has 4 aliphatic carbocycles. The Morgan fingerprint density at radius 3 is 2.48 bits per heavy atom. The van der Waals surface area contributed by atoms with E-state index in [1.807, 2.05) is 4.57 Å². The summed E-state index contributed by atoms with van der Waals surface area (Å²) in [5.41, 5.74) is -0.418. The highest BCUT2D eigenvalue weighted by molar-refractivity contribution is 5.93. The van der Waals surface area contributed by atoms with Crippen LogP contribution >= 0.6 is 0 Å². The number of alkyl halides is 6. The Morgan fingerprint density at radius 2 is 1.88 bits per heavy atom. The van der Waals surface area contributed by atoms with Crippen LogP contribution in [0.2, 0.25) is 0 Å². The third-order valence-electron chi connectivity index (χ3n) is 6.58. The Morgan fingerprint density at radius 1 is 1.18 bits per heavy atom. The fraction of sp³-hybridized carbons (Fsp3) is 0.737.